The first-order chi connectivity index (χ1) is 16.0. The van der Waals surface area contributed by atoms with Crippen molar-refractivity contribution in [1.82, 2.24) is 15.3 Å². The monoisotopic (exact) mass is 475 g/mol. The summed E-state index contributed by atoms with van der Waals surface area (Å²) in [5.41, 5.74) is -0.330. The summed E-state index contributed by atoms with van der Waals surface area (Å²) in [5, 5.41) is 24.1. The Hall–Kier alpha value is -2.45. The summed E-state index contributed by atoms with van der Waals surface area (Å²) in [6.45, 7) is 8.42. The van der Waals surface area contributed by atoms with Gasteiger partial charge in [0.05, 0.1) is 18.1 Å². The third-order valence-electron chi connectivity index (χ3n) is 6.59. The number of nitrogens with one attached hydrogen (secondary N) is 1. The Morgan fingerprint density at radius 2 is 1.82 bits per heavy atom. The Morgan fingerprint density at radius 3 is 2.35 bits per heavy atom. The van der Waals surface area contributed by atoms with Crippen molar-refractivity contribution in [2.45, 2.75) is 77.9 Å². The predicted octanol–water partition coefficient (Wildman–Crippen LogP) is 2.77. The van der Waals surface area contributed by atoms with E-state index in [4.69, 9.17) is 0 Å². The van der Waals surface area contributed by atoms with E-state index in [-0.39, 0.29) is 24.8 Å². The van der Waals surface area contributed by atoms with Crippen molar-refractivity contribution in [3.63, 3.8) is 0 Å². The highest BCUT2D eigenvalue weighted by atomic mass is 16.5. The van der Waals surface area contributed by atoms with E-state index < -0.39 is 23.0 Å². The van der Waals surface area contributed by atoms with Crippen LogP contribution in [0.5, 0.6) is 0 Å². The van der Waals surface area contributed by atoms with E-state index in [0.717, 1.165) is 18.4 Å². The highest BCUT2D eigenvalue weighted by Gasteiger charge is 2.40. The maximum atomic E-state index is 13.5. The summed E-state index contributed by atoms with van der Waals surface area (Å²) in [6.07, 6.45) is 3.91. The zero-order valence-electron chi connectivity index (χ0n) is 21.0. The molecule has 3 N–H and O–H groups in total. The van der Waals surface area contributed by atoms with Gasteiger partial charge in [0.1, 0.15) is 6.04 Å². The number of amides is 3. The van der Waals surface area contributed by atoms with Crippen LogP contribution in [0.25, 0.3) is 0 Å². The van der Waals surface area contributed by atoms with Gasteiger partial charge in [-0.15, -0.1) is 0 Å². The molecule has 0 aromatic heterocycles. The summed E-state index contributed by atoms with van der Waals surface area (Å²) in [5.74, 6) is -1.13. The molecule has 0 saturated carbocycles. The first kappa shape index (κ1) is 27.8. The molecule has 0 spiro atoms. The van der Waals surface area contributed by atoms with E-state index in [0.29, 0.717) is 43.8 Å². The van der Waals surface area contributed by atoms with Crippen LogP contribution in [0.2, 0.25) is 0 Å². The zero-order chi connectivity index (χ0) is 25.4. The van der Waals surface area contributed by atoms with Gasteiger partial charge in [0.15, 0.2) is 0 Å². The number of piperidine rings is 1. The Bertz CT molecular complexity index is 800. The quantitative estimate of drug-likeness (QED) is 0.259. The van der Waals surface area contributed by atoms with Crippen molar-refractivity contribution >= 4 is 18.2 Å². The predicted molar refractivity (Wildman–Crippen MR) is 130 cm³/mol. The summed E-state index contributed by atoms with van der Waals surface area (Å²) in [7, 11) is 0. The Morgan fingerprint density at radius 1 is 1.21 bits per heavy atom. The molecule has 34 heavy (non-hydrogen) atoms. The second kappa shape index (κ2) is 12.3. The SMILES string of the molecule is CCCC[C@H](CN(O)C=O)C(=O)N[C@H](C(=O)N1CCC(O)(Cc2ccccc2)CC1)C(C)(C)C. The maximum absolute atomic E-state index is 13.5. The molecule has 8 nitrogen and oxygen atoms in total. The molecule has 1 aliphatic heterocycles. The molecular formula is C26H41N3O5. The lowest BCUT2D eigenvalue weighted by Crippen LogP contribution is -2.58. The molecule has 0 bridgehead atoms. The van der Waals surface area contributed by atoms with Gasteiger partial charge in [-0.05, 0) is 30.2 Å². The minimum absolute atomic E-state index is 0.114. The van der Waals surface area contributed by atoms with Crippen molar-refractivity contribution in [3.05, 3.63) is 35.9 Å². The lowest BCUT2D eigenvalue weighted by molar-refractivity contribution is -0.156. The van der Waals surface area contributed by atoms with Gasteiger partial charge in [0, 0.05) is 19.5 Å². The van der Waals surface area contributed by atoms with Crippen molar-refractivity contribution in [1.29, 1.82) is 0 Å². The average molecular weight is 476 g/mol. The normalized spacial score (nSPS) is 17.5. The number of carbonyl (C=O) groups is 3. The zero-order valence-corrected chi connectivity index (χ0v) is 21.0. The molecule has 8 heteroatoms. The first-order valence-electron chi connectivity index (χ1n) is 12.3. The molecule has 1 heterocycles. The molecule has 0 radical (unpaired) electrons. The topological polar surface area (TPSA) is 110 Å². The van der Waals surface area contributed by atoms with Gasteiger partial charge in [-0.25, -0.2) is 5.06 Å². The number of rotatable bonds is 11. The van der Waals surface area contributed by atoms with Gasteiger partial charge in [-0.1, -0.05) is 70.9 Å². The van der Waals surface area contributed by atoms with Crippen LogP contribution in [-0.4, -0.2) is 69.8 Å². The summed E-state index contributed by atoms with van der Waals surface area (Å²) in [6, 6.07) is 9.08. The van der Waals surface area contributed by atoms with Crippen LogP contribution < -0.4 is 5.32 Å². The molecule has 1 fully saturated rings. The largest absolute Gasteiger partial charge is 0.389 e. The number of nitrogens with zero attached hydrogens (tertiary/aromatic N) is 2. The molecule has 0 unspecified atom stereocenters. The molecule has 1 aliphatic rings. The lowest BCUT2D eigenvalue weighted by Gasteiger charge is -2.42. The molecule has 0 aliphatic carbocycles. The van der Waals surface area contributed by atoms with E-state index in [1.54, 1.807) is 4.90 Å². The van der Waals surface area contributed by atoms with E-state index in [1.165, 1.54) is 0 Å². The van der Waals surface area contributed by atoms with Crippen LogP contribution >= 0.6 is 0 Å². The van der Waals surface area contributed by atoms with E-state index in [2.05, 4.69) is 5.32 Å². The number of likely N-dealkylation sites (tertiary alicyclic amines) is 1. The van der Waals surface area contributed by atoms with Gasteiger partial charge in [-0.2, -0.15) is 0 Å². The van der Waals surface area contributed by atoms with Crippen molar-refractivity contribution in [3.8, 4) is 0 Å². The summed E-state index contributed by atoms with van der Waals surface area (Å²) < 4.78 is 0. The number of aliphatic hydroxyl groups is 1. The smallest absolute Gasteiger partial charge is 0.245 e. The third-order valence-corrected chi connectivity index (χ3v) is 6.59. The molecule has 1 aromatic carbocycles. The maximum Gasteiger partial charge on any atom is 0.245 e. The second-order valence-corrected chi connectivity index (χ2v) is 10.6. The molecule has 1 aromatic rings. The summed E-state index contributed by atoms with van der Waals surface area (Å²) >= 11 is 0. The highest BCUT2D eigenvalue weighted by molar-refractivity contribution is 5.89. The number of hydrogen-bond donors (Lipinski definition) is 3. The second-order valence-electron chi connectivity index (χ2n) is 10.6. The van der Waals surface area contributed by atoms with Crippen LogP contribution in [-0.2, 0) is 20.8 Å². The van der Waals surface area contributed by atoms with Crippen LogP contribution in [0.3, 0.4) is 0 Å². The van der Waals surface area contributed by atoms with Crippen LogP contribution in [0.4, 0.5) is 0 Å². The molecule has 2 atom stereocenters. The van der Waals surface area contributed by atoms with Gasteiger partial charge >= 0.3 is 0 Å². The number of benzene rings is 1. The van der Waals surface area contributed by atoms with E-state index in [1.807, 2.05) is 58.0 Å². The molecule has 3 amide bonds. The van der Waals surface area contributed by atoms with Gasteiger partial charge < -0.3 is 15.3 Å². The highest BCUT2D eigenvalue weighted by Crippen LogP contribution is 2.29. The number of carbonyl (C=O) groups excluding carboxylic acids is 3. The Kier molecular flexibility index (Phi) is 10.1. The van der Waals surface area contributed by atoms with Gasteiger partial charge in [-0.3, -0.25) is 19.6 Å². The standard InChI is InChI=1S/C26H41N3O5/c1-5-6-12-21(18-29(34)19-30)23(31)27-22(25(2,3)4)24(32)28-15-13-26(33,14-16-28)17-20-10-8-7-9-11-20/h7-11,19,21-22,33-34H,5-6,12-18H2,1-4H3,(H,27,31)/t21-,22-/m1/s1. The van der Waals surface area contributed by atoms with E-state index >= 15 is 0 Å². The van der Waals surface area contributed by atoms with E-state index in [9.17, 15) is 24.7 Å². The lowest BCUT2D eigenvalue weighted by atomic mass is 9.82. The minimum Gasteiger partial charge on any atom is -0.389 e. The molecule has 1 saturated heterocycles. The van der Waals surface area contributed by atoms with Crippen molar-refractivity contribution in [2.24, 2.45) is 11.3 Å². The fourth-order valence-corrected chi connectivity index (χ4v) is 4.41. The minimum atomic E-state index is -0.858. The molecular weight excluding hydrogens is 434 g/mol. The number of hydroxylamine groups is 2. The van der Waals surface area contributed by atoms with Crippen LogP contribution in [0.15, 0.2) is 30.3 Å². The Balaban J connectivity index is 2.06. The van der Waals surface area contributed by atoms with Crippen LogP contribution in [0, 0.1) is 11.3 Å². The van der Waals surface area contributed by atoms with Gasteiger partial charge in [0.25, 0.3) is 0 Å². The average Bonchev–Trinajstić information content (AvgIpc) is 2.79. The first-order valence-corrected chi connectivity index (χ1v) is 12.3. The summed E-state index contributed by atoms with van der Waals surface area (Å²) in [4.78, 5) is 39.1. The van der Waals surface area contributed by atoms with Gasteiger partial charge in [0.2, 0.25) is 18.2 Å². The third kappa shape index (κ3) is 8.09. The van der Waals surface area contributed by atoms with Crippen LogP contribution in [0.1, 0.15) is 65.4 Å². The number of unbranched alkanes of at least 4 members (excludes halogenated alkanes) is 1. The van der Waals surface area contributed by atoms with Crippen molar-refractivity contribution in [2.75, 3.05) is 19.6 Å². The Labute approximate surface area is 203 Å². The number of hydrogen-bond acceptors (Lipinski definition) is 5. The fraction of sp³-hybridized carbons (Fsp3) is 0.654. The fourth-order valence-electron chi connectivity index (χ4n) is 4.41. The van der Waals surface area contributed by atoms with Crippen molar-refractivity contribution < 1.29 is 24.7 Å². The molecule has 190 valence electrons. The molecule has 2 rings (SSSR count).